The third kappa shape index (κ3) is 5.55. The van der Waals surface area contributed by atoms with E-state index in [0.717, 1.165) is 5.75 Å². The predicted molar refractivity (Wildman–Crippen MR) is 79.4 cm³/mol. The number of nitrogens with zero attached hydrogens (tertiary/aromatic N) is 1. The molecule has 0 aliphatic rings. The van der Waals surface area contributed by atoms with Gasteiger partial charge in [0.2, 0.25) is 0 Å². The Morgan fingerprint density at radius 1 is 0.762 bits per heavy atom. The molecule has 0 saturated carbocycles. The SMILES string of the molecule is N#Cc1cccc(OCCOCCOc2ccccc2)c1. The first-order chi connectivity index (χ1) is 10.4. The molecule has 0 N–H and O–H groups in total. The van der Waals surface area contributed by atoms with Gasteiger partial charge in [0.25, 0.3) is 0 Å². The van der Waals surface area contributed by atoms with Gasteiger partial charge < -0.3 is 14.2 Å². The van der Waals surface area contributed by atoms with Gasteiger partial charge in [0.15, 0.2) is 0 Å². The van der Waals surface area contributed by atoms with Gasteiger partial charge in [-0.25, -0.2) is 0 Å². The maximum absolute atomic E-state index is 8.78. The first-order valence-corrected chi connectivity index (χ1v) is 6.77. The highest BCUT2D eigenvalue weighted by atomic mass is 16.5. The quantitative estimate of drug-likeness (QED) is 0.699. The largest absolute Gasteiger partial charge is 0.491 e. The summed E-state index contributed by atoms with van der Waals surface area (Å²) < 4.78 is 16.4. The lowest BCUT2D eigenvalue weighted by atomic mass is 10.2. The average Bonchev–Trinajstić information content (AvgIpc) is 2.55. The summed E-state index contributed by atoms with van der Waals surface area (Å²) >= 11 is 0. The van der Waals surface area contributed by atoms with Crippen LogP contribution in [0.1, 0.15) is 5.56 Å². The van der Waals surface area contributed by atoms with E-state index in [4.69, 9.17) is 19.5 Å². The van der Waals surface area contributed by atoms with Crippen LogP contribution in [0, 0.1) is 11.3 Å². The van der Waals surface area contributed by atoms with Crippen LogP contribution in [0.3, 0.4) is 0 Å². The van der Waals surface area contributed by atoms with E-state index >= 15 is 0 Å². The van der Waals surface area contributed by atoms with Gasteiger partial charge in [-0.1, -0.05) is 24.3 Å². The average molecular weight is 283 g/mol. The molecule has 0 radical (unpaired) electrons. The van der Waals surface area contributed by atoms with E-state index in [1.54, 1.807) is 18.2 Å². The first-order valence-electron chi connectivity index (χ1n) is 6.77. The molecule has 0 unspecified atom stereocenters. The molecule has 0 bridgehead atoms. The molecule has 2 aromatic carbocycles. The van der Waals surface area contributed by atoms with Gasteiger partial charge in [-0.15, -0.1) is 0 Å². The van der Waals surface area contributed by atoms with Crippen molar-refractivity contribution in [1.82, 2.24) is 0 Å². The lowest BCUT2D eigenvalue weighted by Gasteiger charge is -2.08. The topological polar surface area (TPSA) is 51.5 Å². The van der Waals surface area contributed by atoms with Gasteiger partial charge in [0.1, 0.15) is 24.7 Å². The summed E-state index contributed by atoms with van der Waals surface area (Å²) in [5, 5.41) is 8.78. The van der Waals surface area contributed by atoms with E-state index in [1.807, 2.05) is 36.4 Å². The number of rotatable bonds is 8. The van der Waals surface area contributed by atoms with Crippen molar-refractivity contribution in [2.45, 2.75) is 0 Å². The minimum atomic E-state index is 0.445. The highest BCUT2D eigenvalue weighted by Crippen LogP contribution is 2.12. The van der Waals surface area contributed by atoms with Crippen molar-refractivity contribution in [1.29, 1.82) is 5.26 Å². The van der Waals surface area contributed by atoms with E-state index in [2.05, 4.69) is 6.07 Å². The Labute approximate surface area is 124 Å². The Kier molecular flexibility index (Phi) is 6.11. The number of para-hydroxylation sites is 1. The van der Waals surface area contributed by atoms with Crippen LogP contribution in [-0.4, -0.2) is 26.4 Å². The van der Waals surface area contributed by atoms with Crippen LogP contribution in [0.5, 0.6) is 11.5 Å². The predicted octanol–water partition coefficient (Wildman–Crippen LogP) is 3.03. The van der Waals surface area contributed by atoms with Crippen molar-refractivity contribution in [2.24, 2.45) is 0 Å². The number of nitriles is 1. The Balaban J connectivity index is 1.55. The Morgan fingerprint density at radius 3 is 2.14 bits per heavy atom. The van der Waals surface area contributed by atoms with Crippen LogP contribution in [0.15, 0.2) is 54.6 Å². The van der Waals surface area contributed by atoms with E-state index in [-0.39, 0.29) is 0 Å². The summed E-state index contributed by atoms with van der Waals surface area (Å²) in [7, 11) is 0. The molecule has 0 aliphatic heterocycles. The van der Waals surface area contributed by atoms with E-state index < -0.39 is 0 Å². The van der Waals surface area contributed by atoms with Crippen LogP contribution in [-0.2, 0) is 4.74 Å². The summed E-state index contributed by atoms with van der Waals surface area (Å²) in [6, 6.07) is 18.8. The van der Waals surface area contributed by atoms with E-state index in [0.29, 0.717) is 37.7 Å². The molecule has 0 amide bonds. The van der Waals surface area contributed by atoms with Crippen LogP contribution in [0.25, 0.3) is 0 Å². The van der Waals surface area contributed by atoms with E-state index in [9.17, 15) is 0 Å². The summed E-state index contributed by atoms with van der Waals surface area (Å²) in [4.78, 5) is 0. The maximum Gasteiger partial charge on any atom is 0.120 e. The number of hydrogen-bond donors (Lipinski definition) is 0. The van der Waals surface area contributed by atoms with Crippen molar-refractivity contribution in [3.05, 3.63) is 60.2 Å². The van der Waals surface area contributed by atoms with Gasteiger partial charge in [-0.3, -0.25) is 0 Å². The van der Waals surface area contributed by atoms with E-state index in [1.165, 1.54) is 0 Å². The fraction of sp³-hybridized carbons (Fsp3) is 0.235. The molecule has 4 heteroatoms. The minimum Gasteiger partial charge on any atom is -0.491 e. The first kappa shape index (κ1) is 14.9. The second-order valence-corrected chi connectivity index (χ2v) is 4.26. The van der Waals surface area contributed by atoms with Crippen molar-refractivity contribution < 1.29 is 14.2 Å². The third-order valence-electron chi connectivity index (χ3n) is 2.70. The highest BCUT2D eigenvalue weighted by Gasteiger charge is 1.96. The Bertz CT molecular complexity index is 578. The van der Waals surface area contributed by atoms with Crippen LogP contribution in [0.2, 0.25) is 0 Å². The zero-order valence-corrected chi connectivity index (χ0v) is 11.7. The van der Waals surface area contributed by atoms with Crippen LogP contribution in [0.4, 0.5) is 0 Å². The standard InChI is InChI=1S/C17H17NO3/c18-14-15-5-4-8-17(13-15)21-12-10-19-9-11-20-16-6-2-1-3-7-16/h1-8,13H,9-12H2. The molecule has 0 spiro atoms. The second-order valence-electron chi connectivity index (χ2n) is 4.26. The van der Waals surface area contributed by atoms with Gasteiger partial charge in [-0.05, 0) is 30.3 Å². The summed E-state index contributed by atoms with van der Waals surface area (Å²) in [5.74, 6) is 1.52. The monoisotopic (exact) mass is 283 g/mol. The van der Waals surface area contributed by atoms with Gasteiger partial charge in [0, 0.05) is 0 Å². The molecule has 108 valence electrons. The minimum absolute atomic E-state index is 0.445. The maximum atomic E-state index is 8.78. The zero-order valence-electron chi connectivity index (χ0n) is 11.7. The van der Waals surface area contributed by atoms with Crippen molar-refractivity contribution in [2.75, 3.05) is 26.4 Å². The summed E-state index contributed by atoms with van der Waals surface area (Å²) in [6.45, 7) is 1.94. The van der Waals surface area contributed by atoms with Crippen LogP contribution >= 0.6 is 0 Å². The summed E-state index contributed by atoms with van der Waals surface area (Å²) in [6.07, 6.45) is 0. The lowest BCUT2D eigenvalue weighted by molar-refractivity contribution is 0.0764. The fourth-order valence-electron chi connectivity index (χ4n) is 1.71. The number of benzene rings is 2. The summed E-state index contributed by atoms with van der Waals surface area (Å²) in [5.41, 5.74) is 0.588. The zero-order chi connectivity index (χ0) is 14.8. The van der Waals surface area contributed by atoms with Gasteiger partial charge >= 0.3 is 0 Å². The molecule has 0 heterocycles. The molecule has 0 aliphatic carbocycles. The van der Waals surface area contributed by atoms with Crippen molar-refractivity contribution in [3.63, 3.8) is 0 Å². The molecule has 4 nitrogen and oxygen atoms in total. The Hall–Kier alpha value is -2.51. The molecule has 0 fully saturated rings. The van der Waals surface area contributed by atoms with Crippen molar-refractivity contribution in [3.8, 4) is 17.6 Å². The molecule has 0 saturated heterocycles. The fourth-order valence-corrected chi connectivity index (χ4v) is 1.71. The second kappa shape index (κ2) is 8.62. The normalized spacial score (nSPS) is 9.86. The number of ether oxygens (including phenoxy) is 3. The molecule has 21 heavy (non-hydrogen) atoms. The molecule has 0 atom stereocenters. The molecule has 2 aromatic rings. The molecule has 0 aromatic heterocycles. The third-order valence-corrected chi connectivity index (χ3v) is 2.70. The lowest BCUT2D eigenvalue weighted by Crippen LogP contribution is -2.12. The molecular formula is C17H17NO3. The number of hydrogen-bond acceptors (Lipinski definition) is 4. The molecular weight excluding hydrogens is 266 g/mol. The van der Waals surface area contributed by atoms with Crippen molar-refractivity contribution >= 4 is 0 Å². The van der Waals surface area contributed by atoms with Gasteiger partial charge in [-0.2, -0.15) is 5.26 Å². The van der Waals surface area contributed by atoms with Crippen LogP contribution < -0.4 is 9.47 Å². The highest BCUT2D eigenvalue weighted by molar-refractivity contribution is 5.36. The smallest absolute Gasteiger partial charge is 0.120 e. The van der Waals surface area contributed by atoms with Gasteiger partial charge in [0.05, 0.1) is 24.8 Å². The molecule has 2 rings (SSSR count). The Morgan fingerprint density at radius 2 is 1.43 bits per heavy atom.